The summed E-state index contributed by atoms with van der Waals surface area (Å²) in [6, 6.07) is 9.15. The fourth-order valence-electron chi connectivity index (χ4n) is 2.94. The molecule has 0 atom stereocenters. The number of hydrogen-bond donors (Lipinski definition) is 1. The van der Waals surface area contributed by atoms with Crippen LogP contribution in [0.2, 0.25) is 0 Å². The van der Waals surface area contributed by atoms with Crippen LogP contribution >= 0.6 is 11.8 Å². The third-order valence-electron chi connectivity index (χ3n) is 4.39. The molecule has 0 radical (unpaired) electrons. The fraction of sp³-hybridized carbons (Fsp3) is 0.300. The van der Waals surface area contributed by atoms with E-state index in [1.54, 1.807) is 24.5 Å². The molecule has 1 fully saturated rings. The van der Waals surface area contributed by atoms with Gasteiger partial charge in [-0.3, -0.25) is 4.79 Å². The first-order valence-corrected chi connectivity index (χ1v) is 10.3. The summed E-state index contributed by atoms with van der Waals surface area (Å²) < 4.78 is 10.4. The van der Waals surface area contributed by atoms with Crippen molar-refractivity contribution in [2.24, 2.45) is 0 Å². The van der Waals surface area contributed by atoms with E-state index in [1.165, 1.54) is 11.8 Å². The largest absolute Gasteiger partial charge is 0.378 e. The standard InChI is InChI=1S/C20H21N5O3S/c1-14-11-16(24-28-14)13-29-20-17(3-2-6-21-20)19(26)23-15-4-5-18(22-12-15)25-7-9-27-10-8-25/h2-6,11-12H,7-10,13H2,1H3,(H,23,26). The second-order valence-electron chi connectivity index (χ2n) is 6.53. The first kappa shape index (κ1) is 19.4. The van der Waals surface area contributed by atoms with E-state index < -0.39 is 0 Å². The van der Waals surface area contributed by atoms with E-state index in [2.05, 4.69) is 25.3 Å². The molecule has 0 spiro atoms. The second-order valence-corrected chi connectivity index (χ2v) is 7.50. The lowest BCUT2D eigenvalue weighted by molar-refractivity contribution is 0.102. The molecular weight excluding hydrogens is 390 g/mol. The number of rotatable bonds is 6. The minimum absolute atomic E-state index is 0.224. The van der Waals surface area contributed by atoms with Crippen molar-refractivity contribution >= 4 is 29.2 Å². The van der Waals surface area contributed by atoms with Crippen molar-refractivity contribution in [3.05, 3.63) is 59.7 Å². The van der Waals surface area contributed by atoms with Crippen LogP contribution in [0.15, 0.2) is 52.3 Å². The first-order chi connectivity index (χ1) is 14.2. The van der Waals surface area contributed by atoms with E-state index in [4.69, 9.17) is 9.26 Å². The Balaban J connectivity index is 1.41. The van der Waals surface area contributed by atoms with Crippen LogP contribution in [0, 0.1) is 6.92 Å². The zero-order valence-corrected chi connectivity index (χ0v) is 16.8. The van der Waals surface area contributed by atoms with Gasteiger partial charge in [0.1, 0.15) is 16.6 Å². The van der Waals surface area contributed by atoms with Crippen LogP contribution in [0.5, 0.6) is 0 Å². The Kier molecular flexibility index (Phi) is 6.06. The van der Waals surface area contributed by atoms with Gasteiger partial charge in [-0.05, 0) is 31.2 Å². The highest BCUT2D eigenvalue weighted by Crippen LogP contribution is 2.25. The van der Waals surface area contributed by atoms with E-state index >= 15 is 0 Å². The molecule has 9 heteroatoms. The van der Waals surface area contributed by atoms with Gasteiger partial charge in [0.05, 0.1) is 36.4 Å². The van der Waals surface area contributed by atoms with Gasteiger partial charge in [-0.15, -0.1) is 0 Å². The summed E-state index contributed by atoms with van der Waals surface area (Å²) in [6.07, 6.45) is 3.34. The number of ether oxygens (including phenoxy) is 1. The van der Waals surface area contributed by atoms with E-state index in [9.17, 15) is 4.79 Å². The Hall–Kier alpha value is -2.91. The minimum atomic E-state index is -0.224. The number of carbonyl (C=O) groups is 1. The van der Waals surface area contributed by atoms with Gasteiger partial charge in [0.2, 0.25) is 0 Å². The minimum Gasteiger partial charge on any atom is -0.378 e. The van der Waals surface area contributed by atoms with E-state index in [-0.39, 0.29) is 5.91 Å². The van der Waals surface area contributed by atoms with Gasteiger partial charge < -0.3 is 19.5 Å². The van der Waals surface area contributed by atoms with Gasteiger partial charge in [-0.2, -0.15) is 0 Å². The smallest absolute Gasteiger partial charge is 0.258 e. The monoisotopic (exact) mass is 411 g/mol. The number of aryl methyl sites for hydroxylation is 1. The molecule has 3 aromatic heterocycles. The molecule has 8 nitrogen and oxygen atoms in total. The van der Waals surface area contributed by atoms with Crippen LogP contribution in [-0.2, 0) is 10.5 Å². The highest BCUT2D eigenvalue weighted by molar-refractivity contribution is 7.98. The van der Waals surface area contributed by atoms with Crippen LogP contribution < -0.4 is 10.2 Å². The number of nitrogens with one attached hydrogen (secondary N) is 1. The Bertz CT molecular complexity index is 970. The molecule has 4 heterocycles. The first-order valence-electron chi connectivity index (χ1n) is 9.29. The summed E-state index contributed by atoms with van der Waals surface area (Å²) in [5.41, 5.74) is 1.96. The molecule has 29 heavy (non-hydrogen) atoms. The van der Waals surface area contributed by atoms with Crippen molar-refractivity contribution < 1.29 is 14.1 Å². The molecule has 0 bridgehead atoms. The van der Waals surface area contributed by atoms with E-state index in [0.29, 0.717) is 35.2 Å². The van der Waals surface area contributed by atoms with E-state index in [0.717, 1.165) is 30.4 Å². The summed E-state index contributed by atoms with van der Waals surface area (Å²) >= 11 is 1.45. The maximum Gasteiger partial charge on any atom is 0.258 e. The van der Waals surface area contributed by atoms with Gasteiger partial charge in [0.15, 0.2) is 0 Å². The van der Waals surface area contributed by atoms with Gasteiger partial charge in [-0.1, -0.05) is 16.9 Å². The van der Waals surface area contributed by atoms with Crippen molar-refractivity contribution in [1.82, 2.24) is 15.1 Å². The van der Waals surface area contributed by atoms with E-state index in [1.807, 2.05) is 25.1 Å². The summed E-state index contributed by atoms with van der Waals surface area (Å²) in [4.78, 5) is 23.8. The summed E-state index contributed by atoms with van der Waals surface area (Å²) in [5, 5.41) is 7.52. The van der Waals surface area contributed by atoms with Crippen LogP contribution in [0.3, 0.4) is 0 Å². The Morgan fingerprint density at radius 3 is 2.83 bits per heavy atom. The van der Waals surface area contributed by atoms with Crippen LogP contribution in [0.25, 0.3) is 0 Å². The molecular formula is C20H21N5O3S. The molecule has 0 saturated carbocycles. The third-order valence-corrected chi connectivity index (χ3v) is 5.43. The maximum atomic E-state index is 12.8. The number of pyridine rings is 2. The van der Waals surface area contributed by atoms with Crippen molar-refractivity contribution in [3.63, 3.8) is 0 Å². The SMILES string of the molecule is Cc1cc(CSc2ncccc2C(=O)Nc2ccc(N3CCOCC3)nc2)no1. The normalized spacial score (nSPS) is 14.0. The number of carbonyl (C=O) groups excluding carboxylic acids is 1. The number of thioether (sulfide) groups is 1. The average Bonchev–Trinajstić information content (AvgIpc) is 3.19. The number of anilines is 2. The zero-order valence-electron chi connectivity index (χ0n) is 16.0. The lowest BCUT2D eigenvalue weighted by Gasteiger charge is -2.27. The van der Waals surface area contributed by atoms with Gasteiger partial charge >= 0.3 is 0 Å². The van der Waals surface area contributed by atoms with Crippen molar-refractivity contribution in [2.75, 3.05) is 36.5 Å². The topological polar surface area (TPSA) is 93.4 Å². The molecule has 150 valence electrons. The van der Waals surface area contributed by atoms with Gasteiger partial charge in [0, 0.05) is 31.1 Å². The van der Waals surface area contributed by atoms with Crippen molar-refractivity contribution in [2.45, 2.75) is 17.7 Å². The Morgan fingerprint density at radius 1 is 1.24 bits per heavy atom. The lowest BCUT2D eigenvalue weighted by Crippen LogP contribution is -2.36. The predicted octanol–water partition coefficient (Wildman–Crippen LogP) is 3.15. The van der Waals surface area contributed by atoms with Gasteiger partial charge in [-0.25, -0.2) is 9.97 Å². The Labute approximate surface area is 172 Å². The van der Waals surface area contributed by atoms with Gasteiger partial charge in [0.25, 0.3) is 5.91 Å². The molecule has 3 aromatic rings. The second kappa shape index (κ2) is 9.06. The van der Waals surface area contributed by atoms with Crippen molar-refractivity contribution in [1.29, 1.82) is 0 Å². The molecule has 0 aromatic carbocycles. The zero-order chi connectivity index (χ0) is 20.1. The molecule has 4 rings (SSSR count). The quantitative estimate of drug-likeness (QED) is 0.618. The molecule has 1 aliphatic rings. The maximum absolute atomic E-state index is 12.8. The van der Waals surface area contributed by atoms with Crippen LogP contribution in [-0.4, -0.2) is 47.3 Å². The highest BCUT2D eigenvalue weighted by atomic mass is 32.2. The number of morpholine rings is 1. The highest BCUT2D eigenvalue weighted by Gasteiger charge is 2.15. The molecule has 1 aliphatic heterocycles. The molecule has 0 aliphatic carbocycles. The number of amides is 1. The Morgan fingerprint density at radius 2 is 2.10 bits per heavy atom. The van der Waals surface area contributed by atoms with Crippen LogP contribution in [0.1, 0.15) is 21.8 Å². The number of nitrogens with zero attached hydrogens (tertiary/aromatic N) is 4. The summed E-state index contributed by atoms with van der Waals surface area (Å²) in [6.45, 7) is 4.89. The fourth-order valence-corrected chi connectivity index (χ4v) is 3.82. The number of hydrogen-bond acceptors (Lipinski definition) is 8. The molecule has 0 unspecified atom stereocenters. The number of aromatic nitrogens is 3. The molecule has 1 N–H and O–H groups in total. The van der Waals surface area contributed by atoms with Crippen molar-refractivity contribution in [3.8, 4) is 0 Å². The van der Waals surface area contributed by atoms with Crippen LogP contribution in [0.4, 0.5) is 11.5 Å². The predicted molar refractivity (Wildman–Crippen MR) is 110 cm³/mol. The molecule has 1 amide bonds. The third kappa shape index (κ3) is 4.93. The summed E-state index contributed by atoms with van der Waals surface area (Å²) in [5.74, 6) is 1.99. The molecule has 1 saturated heterocycles. The summed E-state index contributed by atoms with van der Waals surface area (Å²) in [7, 11) is 0. The lowest BCUT2D eigenvalue weighted by atomic mass is 10.2. The average molecular weight is 411 g/mol.